The molecule has 1 aliphatic heterocycles. The second-order valence-electron chi connectivity index (χ2n) is 7.28. The summed E-state index contributed by atoms with van der Waals surface area (Å²) in [6.07, 6.45) is 1.59. The minimum absolute atomic E-state index is 0.0264. The monoisotopic (exact) mass is 466 g/mol. The van der Waals surface area contributed by atoms with Gasteiger partial charge in [-0.2, -0.15) is 0 Å². The van der Waals surface area contributed by atoms with E-state index in [-0.39, 0.29) is 16.8 Å². The van der Waals surface area contributed by atoms with Crippen LogP contribution < -0.4 is 10.3 Å². The Morgan fingerprint density at radius 1 is 1.22 bits per heavy atom. The number of esters is 1. The Bertz CT molecular complexity index is 1440. The van der Waals surface area contributed by atoms with Crippen LogP contribution in [-0.4, -0.2) is 24.0 Å². The van der Waals surface area contributed by atoms with Crippen molar-refractivity contribution in [2.24, 2.45) is 0 Å². The molecule has 160 valence electrons. The van der Waals surface area contributed by atoms with Gasteiger partial charge in [-0.3, -0.25) is 14.5 Å². The number of thiazole rings is 1. The smallest absolute Gasteiger partial charge is 0.337 e. The zero-order valence-electron chi connectivity index (χ0n) is 16.9. The summed E-state index contributed by atoms with van der Waals surface area (Å²) in [5, 5.41) is 2.91. The van der Waals surface area contributed by atoms with E-state index < -0.39 is 17.9 Å². The molecule has 32 heavy (non-hydrogen) atoms. The Morgan fingerprint density at radius 2 is 1.97 bits per heavy atom. The lowest BCUT2D eigenvalue weighted by molar-refractivity contribution is 0.0600. The van der Waals surface area contributed by atoms with Gasteiger partial charge < -0.3 is 9.15 Å². The van der Waals surface area contributed by atoms with E-state index in [9.17, 15) is 14.4 Å². The van der Waals surface area contributed by atoms with E-state index in [1.807, 2.05) is 0 Å². The van der Waals surface area contributed by atoms with Crippen molar-refractivity contribution in [1.82, 2.24) is 4.98 Å². The van der Waals surface area contributed by atoms with E-state index in [1.165, 1.54) is 23.3 Å². The van der Waals surface area contributed by atoms with Gasteiger partial charge in [0.2, 0.25) is 5.76 Å². The molecule has 1 unspecified atom stereocenters. The summed E-state index contributed by atoms with van der Waals surface area (Å²) in [7, 11) is 1.30. The van der Waals surface area contributed by atoms with E-state index in [4.69, 9.17) is 20.8 Å². The number of halogens is 1. The molecule has 1 amide bonds. The van der Waals surface area contributed by atoms with Crippen LogP contribution >= 0.6 is 22.9 Å². The minimum atomic E-state index is -0.768. The third-order valence-electron chi connectivity index (χ3n) is 5.42. The zero-order chi connectivity index (χ0) is 22.6. The number of aryl methyl sites for hydroxylation is 1. The van der Waals surface area contributed by atoms with E-state index in [0.29, 0.717) is 32.3 Å². The number of ether oxygens (including phenoxy) is 1. The fourth-order valence-electron chi connectivity index (χ4n) is 3.86. The van der Waals surface area contributed by atoms with Crippen LogP contribution in [0.4, 0.5) is 5.13 Å². The van der Waals surface area contributed by atoms with Gasteiger partial charge in [0.15, 0.2) is 10.6 Å². The lowest BCUT2D eigenvalue weighted by Crippen LogP contribution is -2.29. The molecule has 7 nitrogen and oxygen atoms in total. The first-order valence-corrected chi connectivity index (χ1v) is 10.8. The van der Waals surface area contributed by atoms with Crippen molar-refractivity contribution >= 4 is 50.9 Å². The highest BCUT2D eigenvalue weighted by Gasteiger charge is 2.44. The predicted octanol–water partition coefficient (Wildman–Crippen LogP) is 4.75. The van der Waals surface area contributed by atoms with Gasteiger partial charge >= 0.3 is 5.97 Å². The summed E-state index contributed by atoms with van der Waals surface area (Å²) >= 11 is 7.53. The van der Waals surface area contributed by atoms with Gasteiger partial charge in [-0.15, -0.1) is 11.3 Å². The molecular formula is C23H15ClN2O5S. The fraction of sp³-hybridized carbons (Fsp3) is 0.130. The second kappa shape index (κ2) is 7.58. The number of aromatic nitrogens is 1. The zero-order valence-corrected chi connectivity index (χ0v) is 18.5. The highest BCUT2D eigenvalue weighted by molar-refractivity contribution is 7.13. The SMILES string of the molecule is COC(=O)c1ccc(C2c3c(oc4cc(C)c(Cl)cc4c3=O)C(=O)N2c2nccs2)cc1. The van der Waals surface area contributed by atoms with Crippen LogP contribution in [-0.2, 0) is 4.74 Å². The molecule has 2 aromatic carbocycles. The highest BCUT2D eigenvalue weighted by atomic mass is 35.5. The number of fused-ring (bicyclic) bond motifs is 2. The molecule has 9 heteroatoms. The van der Waals surface area contributed by atoms with E-state index in [1.54, 1.807) is 54.9 Å². The van der Waals surface area contributed by atoms with Crippen LogP contribution in [0.1, 0.15) is 43.6 Å². The summed E-state index contributed by atoms with van der Waals surface area (Å²) in [4.78, 5) is 44.5. The molecule has 0 bridgehead atoms. The third kappa shape index (κ3) is 3.03. The number of amides is 1. The quantitative estimate of drug-likeness (QED) is 0.405. The average molecular weight is 467 g/mol. The molecule has 3 heterocycles. The average Bonchev–Trinajstić information content (AvgIpc) is 3.42. The topological polar surface area (TPSA) is 89.7 Å². The number of rotatable bonds is 3. The minimum Gasteiger partial charge on any atom is -0.465 e. The van der Waals surface area contributed by atoms with E-state index in [0.717, 1.165) is 5.56 Å². The number of carbonyl (C=O) groups excluding carboxylic acids is 2. The molecule has 2 aromatic heterocycles. The largest absolute Gasteiger partial charge is 0.465 e. The summed E-state index contributed by atoms with van der Waals surface area (Å²) in [6, 6.07) is 9.00. The molecule has 1 atom stereocenters. The van der Waals surface area contributed by atoms with Crippen molar-refractivity contribution in [3.8, 4) is 0 Å². The Kier molecular flexibility index (Phi) is 4.83. The number of benzene rings is 2. The van der Waals surface area contributed by atoms with Crippen molar-refractivity contribution in [3.05, 3.63) is 91.2 Å². The standard InChI is InChI=1S/C23H15ClN2O5S/c1-11-9-16-14(10-15(11)24)19(27)17-18(12-3-5-13(6-4-12)22(29)30-2)26(21(28)20(17)31-16)23-25-7-8-32-23/h3-10,18H,1-2H3. The first-order valence-electron chi connectivity index (χ1n) is 9.59. The van der Waals surface area contributed by atoms with Gasteiger partial charge in [0.25, 0.3) is 5.91 Å². The van der Waals surface area contributed by atoms with Crippen LogP contribution in [0.25, 0.3) is 11.0 Å². The van der Waals surface area contributed by atoms with Crippen LogP contribution in [0, 0.1) is 6.92 Å². The summed E-state index contributed by atoms with van der Waals surface area (Å²) in [5.41, 5.74) is 1.89. The third-order valence-corrected chi connectivity index (χ3v) is 6.60. The molecule has 0 spiro atoms. The first kappa shape index (κ1) is 20.4. The van der Waals surface area contributed by atoms with E-state index in [2.05, 4.69) is 4.98 Å². The first-order chi connectivity index (χ1) is 15.4. The summed E-state index contributed by atoms with van der Waals surface area (Å²) in [5.74, 6) is -0.961. The number of hydrogen-bond acceptors (Lipinski definition) is 7. The van der Waals surface area contributed by atoms with Crippen LogP contribution in [0.5, 0.6) is 0 Å². The lowest BCUT2D eigenvalue weighted by atomic mass is 9.97. The van der Waals surface area contributed by atoms with Crippen molar-refractivity contribution in [1.29, 1.82) is 0 Å². The highest BCUT2D eigenvalue weighted by Crippen LogP contribution is 2.42. The fourth-order valence-corrected chi connectivity index (χ4v) is 4.69. The Hall–Kier alpha value is -3.49. The molecular weight excluding hydrogens is 452 g/mol. The van der Waals surface area contributed by atoms with Gasteiger partial charge in [0.05, 0.1) is 29.7 Å². The molecule has 0 N–H and O–H groups in total. The van der Waals surface area contributed by atoms with Crippen molar-refractivity contribution < 1.29 is 18.7 Å². The number of methoxy groups -OCH3 is 1. The Balaban J connectivity index is 1.77. The predicted molar refractivity (Wildman–Crippen MR) is 121 cm³/mol. The van der Waals surface area contributed by atoms with Crippen LogP contribution in [0.3, 0.4) is 0 Å². The maximum Gasteiger partial charge on any atom is 0.337 e. The Labute approximate surface area is 190 Å². The van der Waals surface area contributed by atoms with Gasteiger partial charge in [-0.25, -0.2) is 9.78 Å². The number of hydrogen-bond donors (Lipinski definition) is 0. The normalized spacial score (nSPS) is 15.3. The number of anilines is 1. The molecule has 0 aliphatic carbocycles. The molecule has 4 aromatic rings. The van der Waals surface area contributed by atoms with Crippen LogP contribution in [0.15, 0.2) is 57.2 Å². The summed E-state index contributed by atoms with van der Waals surface area (Å²) < 4.78 is 10.7. The maximum absolute atomic E-state index is 13.6. The van der Waals surface area contributed by atoms with Gasteiger partial charge in [-0.1, -0.05) is 23.7 Å². The van der Waals surface area contributed by atoms with Gasteiger partial charge in [-0.05, 0) is 42.3 Å². The number of carbonyl (C=O) groups is 2. The molecule has 0 saturated heterocycles. The molecule has 5 rings (SSSR count). The van der Waals surface area contributed by atoms with E-state index >= 15 is 0 Å². The summed E-state index contributed by atoms with van der Waals surface area (Å²) in [6.45, 7) is 1.80. The van der Waals surface area contributed by atoms with Gasteiger partial charge in [0, 0.05) is 16.6 Å². The molecule has 0 saturated carbocycles. The van der Waals surface area contributed by atoms with Crippen molar-refractivity contribution in [2.75, 3.05) is 12.0 Å². The van der Waals surface area contributed by atoms with Crippen molar-refractivity contribution in [3.63, 3.8) is 0 Å². The van der Waals surface area contributed by atoms with Crippen molar-refractivity contribution in [2.45, 2.75) is 13.0 Å². The Morgan fingerprint density at radius 3 is 2.62 bits per heavy atom. The molecule has 0 fully saturated rings. The second-order valence-corrected chi connectivity index (χ2v) is 8.56. The maximum atomic E-state index is 13.6. The molecule has 1 aliphatic rings. The number of nitrogens with zero attached hydrogens (tertiary/aromatic N) is 2. The van der Waals surface area contributed by atoms with Gasteiger partial charge in [0.1, 0.15) is 5.58 Å². The van der Waals surface area contributed by atoms with Crippen LogP contribution in [0.2, 0.25) is 5.02 Å². The lowest BCUT2D eigenvalue weighted by Gasteiger charge is -2.22. The molecule has 0 radical (unpaired) electrons.